The Balaban J connectivity index is 1.65. The van der Waals surface area contributed by atoms with Crippen LogP contribution in [-0.4, -0.2) is 48.1 Å². The van der Waals surface area contributed by atoms with E-state index in [2.05, 4.69) is 11.8 Å². The van der Waals surface area contributed by atoms with Crippen LogP contribution in [0.3, 0.4) is 0 Å². The van der Waals surface area contributed by atoms with E-state index in [1.807, 2.05) is 35.3 Å². The van der Waals surface area contributed by atoms with Crippen LogP contribution >= 0.6 is 11.6 Å². The smallest absolute Gasteiger partial charge is 0.307 e. The van der Waals surface area contributed by atoms with Crippen molar-refractivity contribution >= 4 is 29.2 Å². The maximum Gasteiger partial charge on any atom is 0.307 e. The highest BCUT2D eigenvalue weighted by Gasteiger charge is 2.37. The third-order valence-corrected chi connectivity index (χ3v) is 5.41. The van der Waals surface area contributed by atoms with Crippen LogP contribution in [0, 0.1) is 18.8 Å². The summed E-state index contributed by atoms with van der Waals surface area (Å²) in [6, 6.07) is 5.84. The van der Waals surface area contributed by atoms with Crippen molar-refractivity contribution in [2.45, 2.75) is 19.8 Å². The molecule has 1 fully saturated rings. The number of benzene rings is 1. The Morgan fingerprint density at radius 1 is 1.08 bits per heavy atom. The van der Waals surface area contributed by atoms with Gasteiger partial charge >= 0.3 is 5.97 Å². The van der Waals surface area contributed by atoms with Gasteiger partial charge in [-0.1, -0.05) is 29.8 Å². The number of hydrogen-bond acceptors (Lipinski definition) is 3. The van der Waals surface area contributed by atoms with Crippen molar-refractivity contribution in [3.05, 3.63) is 40.9 Å². The van der Waals surface area contributed by atoms with Crippen LogP contribution in [0.1, 0.15) is 18.4 Å². The lowest BCUT2D eigenvalue weighted by atomic mass is 9.82. The number of rotatable bonds is 3. The average molecular weight is 363 g/mol. The molecular weight excluding hydrogens is 340 g/mol. The summed E-state index contributed by atoms with van der Waals surface area (Å²) >= 11 is 6.11. The van der Waals surface area contributed by atoms with Crippen LogP contribution in [-0.2, 0) is 9.59 Å². The van der Waals surface area contributed by atoms with E-state index in [4.69, 9.17) is 11.6 Å². The van der Waals surface area contributed by atoms with Gasteiger partial charge in [-0.2, -0.15) is 0 Å². The number of allylic oxidation sites excluding steroid dienone is 2. The van der Waals surface area contributed by atoms with Gasteiger partial charge in [0, 0.05) is 36.9 Å². The van der Waals surface area contributed by atoms with Gasteiger partial charge in [-0.3, -0.25) is 9.59 Å². The number of anilines is 1. The van der Waals surface area contributed by atoms with Crippen LogP contribution < -0.4 is 4.90 Å². The lowest BCUT2D eigenvalue weighted by molar-refractivity contribution is -0.150. The van der Waals surface area contributed by atoms with Gasteiger partial charge < -0.3 is 14.9 Å². The van der Waals surface area contributed by atoms with Crippen LogP contribution in [0.15, 0.2) is 30.4 Å². The zero-order valence-electron chi connectivity index (χ0n) is 14.3. The lowest BCUT2D eigenvalue weighted by Gasteiger charge is -2.39. The Hall–Kier alpha value is -2.01. The largest absolute Gasteiger partial charge is 0.481 e. The van der Waals surface area contributed by atoms with Crippen LogP contribution in [0.5, 0.6) is 0 Å². The van der Waals surface area contributed by atoms with Crippen LogP contribution in [0.2, 0.25) is 5.02 Å². The zero-order chi connectivity index (χ0) is 18.0. The number of carboxylic acid groups (broad SMARTS) is 1. The summed E-state index contributed by atoms with van der Waals surface area (Å²) in [5.74, 6) is -1.96. The first kappa shape index (κ1) is 17.8. The molecule has 0 bridgehead atoms. The number of carbonyl (C=O) groups is 2. The quantitative estimate of drug-likeness (QED) is 0.840. The average Bonchev–Trinajstić information content (AvgIpc) is 2.63. The summed E-state index contributed by atoms with van der Waals surface area (Å²) in [7, 11) is 0. The number of amides is 1. The molecular formula is C19H23ClN2O3. The molecule has 3 rings (SSSR count). The van der Waals surface area contributed by atoms with E-state index in [0.29, 0.717) is 31.0 Å². The minimum atomic E-state index is -0.879. The van der Waals surface area contributed by atoms with Gasteiger partial charge in [0.15, 0.2) is 0 Å². The molecule has 1 amide bonds. The SMILES string of the molecule is Cc1ccc(Cl)cc1N1CCN(C(=O)[C@@H]2CC=CC[C@@H]2C(=O)O)CC1. The second-order valence-corrected chi connectivity index (χ2v) is 7.17. The molecule has 0 unspecified atom stereocenters. The topological polar surface area (TPSA) is 60.9 Å². The van der Waals surface area contributed by atoms with E-state index >= 15 is 0 Å². The zero-order valence-corrected chi connectivity index (χ0v) is 15.1. The summed E-state index contributed by atoms with van der Waals surface area (Å²) in [6.07, 6.45) is 4.74. The molecule has 1 aliphatic carbocycles. The molecule has 134 valence electrons. The minimum Gasteiger partial charge on any atom is -0.481 e. The molecule has 25 heavy (non-hydrogen) atoms. The molecule has 0 saturated carbocycles. The first-order valence-corrected chi connectivity index (χ1v) is 9.03. The number of aliphatic carboxylic acids is 1. The summed E-state index contributed by atoms with van der Waals surface area (Å²) in [5.41, 5.74) is 2.26. The number of hydrogen-bond donors (Lipinski definition) is 1. The standard InChI is InChI=1S/C19H23ClN2O3/c1-13-6-7-14(20)12-17(13)21-8-10-22(11-9-21)18(23)15-4-2-3-5-16(15)19(24)25/h2-3,6-7,12,15-16H,4-5,8-11H2,1H3,(H,24,25)/t15-,16+/m1/s1. The highest BCUT2D eigenvalue weighted by atomic mass is 35.5. The molecule has 6 heteroatoms. The molecule has 2 atom stereocenters. The monoisotopic (exact) mass is 362 g/mol. The first-order chi connectivity index (χ1) is 12.0. The number of halogens is 1. The predicted molar refractivity (Wildman–Crippen MR) is 98.0 cm³/mol. The van der Waals surface area contributed by atoms with Gasteiger partial charge in [-0.15, -0.1) is 0 Å². The van der Waals surface area contributed by atoms with E-state index in [-0.39, 0.29) is 5.91 Å². The molecule has 1 heterocycles. The van der Waals surface area contributed by atoms with Crippen LogP contribution in [0.25, 0.3) is 0 Å². The van der Waals surface area contributed by atoms with Crippen molar-refractivity contribution in [1.82, 2.24) is 4.90 Å². The van der Waals surface area contributed by atoms with Crippen molar-refractivity contribution in [2.24, 2.45) is 11.8 Å². The second kappa shape index (κ2) is 7.48. The fourth-order valence-electron chi connectivity index (χ4n) is 3.69. The third kappa shape index (κ3) is 3.82. The van der Waals surface area contributed by atoms with Crippen molar-refractivity contribution in [1.29, 1.82) is 0 Å². The van der Waals surface area contributed by atoms with Crippen molar-refractivity contribution < 1.29 is 14.7 Å². The fraction of sp³-hybridized carbons (Fsp3) is 0.474. The Morgan fingerprint density at radius 2 is 1.72 bits per heavy atom. The summed E-state index contributed by atoms with van der Waals surface area (Å²) in [4.78, 5) is 28.3. The molecule has 0 radical (unpaired) electrons. The Morgan fingerprint density at radius 3 is 2.36 bits per heavy atom. The molecule has 0 aromatic heterocycles. The number of nitrogens with zero attached hydrogens (tertiary/aromatic N) is 2. The summed E-state index contributed by atoms with van der Waals surface area (Å²) in [6.45, 7) is 4.73. The Labute approximate surface area is 152 Å². The molecule has 1 aliphatic heterocycles. The highest BCUT2D eigenvalue weighted by Crippen LogP contribution is 2.29. The lowest BCUT2D eigenvalue weighted by Crippen LogP contribution is -2.52. The Kier molecular flexibility index (Phi) is 5.33. The van der Waals surface area contributed by atoms with E-state index in [1.54, 1.807) is 0 Å². The molecule has 1 saturated heterocycles. The minimum absolute atomic E-state index is 0.0285. The van der Waals surface area contributed by atoms with Gasteiger partial charge in [0.1, 0.15) is 0 Å². The molecule has 5 nitrogen and oxygen atoms in total. The van der Waals surface area contributed by atoms with Crippen molar-refractivity contribution in [3.8, 4) is 0 Å². The predicted octanol–water partition coefficient (Wildman–Crippen LogP) is 2.96. The number of carbonyl (C=O) groups excluding carboxylic acids is 1. The molecule has 0 spiro atoms. The van der Waals surface area contributed by atoms with Gasteiger partial charge in [0.25, 0.3) is 0 Å². The number of aryl methyl sites for hydroxylation is 1. The Bertz CT molecular complexity index is 696. The highest BCUT2D eigenvalue weighted by molar-refractivity contribution is 6.30. The summed E-state index contributed by atoms with van der Waals surface area (Å²) in [5, 5.41) is 10.1. The number of piperazine rings is 1. The van der Waals surface area contributed by atoms with E-state index in [1.165, 1.54) is 0 Å². The van der Waals surface area contributed by atoms with E-state index < -0.39 is 17.8 Å². The van der Waals surface area contributed by atoms with Crippen molar-refractivity contribution in [3.63, 3.8) is 0 Å². The molecule has 1 aromatic rings. The maximum absolute atomic E-state index is 12.8. The molecule has 2 aliphatic rings. The molecule has 1 aromatic carbocycles. The third-order valence-electron chi connectivity index (χ3n) is 5.17. The van der Waals surface area contributed by atoms with E-state index in [0.717, 1.165) is 24.3 Å². The maximum atomic E-state index is 12.8. The summed E-state index contributed by atoms with van der Waals surface area (Å²) < 4.78 is 0. The van der Waals surface area contributed by atoms with Crippen molar-refractivity contribution in [2.75, 3.05) is 31.1 Å². The van der Waals surface area contributed by atoms with Gasteiger partial charge in [-0.05, 0) is 37.5 Å². The van der Waals surface area contributed by atoms with E-state index in [9.17, 15) is 14.7 Å². The second-order valence-electron chi connectivity index (χ2n) is 6.74. The van der Waals surface area contributed by atoms with Gasteiger partial charge in [-0.25, -0.2) is 0 Å². The van der Waals surface area contributed by atoms with Gasteiger partial charge in [0.05, 0.1) is 11.8 Å². The normalized spacial score (nSPS) is 23.6. The first-order valence-electron chi connectivity index (χ1n) is 8.65. The van der Waals surface area contributed by atoms with Crippen LogP contribution in [0.4, 0.5) is 5.69 Å². The number of carboxylic acids is 1. The molecule has 1 N–H and O–H groups in total. The fourth-order valence-corrected chi connectivity index (χ4v) is 3.85. The van der Waals surface area contributed by atoms with Gasteiger partial charge in [0.2, 0.25) is 5.91 Å².